The lowest BCUT2D eigenvalue weighted by Gasteiger charge is -2.14. The molecule has 0 saturated carbocycles. The third-order valence-electron chi connectivity index (χ3n) is 5.30. The Morgan fingerprint density at radius 1 is 1.03 bits per heavy atom. The molecule has 1 aliphatic rings. The molecule has 7 nitrogen and oxygen atoms in total. The summed E-state index contributed by atoms with van der Waals surface area (Å²) in [6.07, 6.45) is 1.58. The molecule has 0 spiro atoms. The summed E-state index contributed by atoms with van der Waals surface area (Å²) in [5.41, 5.74) is 1.62. The first kappa shape index (κ1) is 28.3. The number of rotatable bonds is 8. The highest BCUT2D eigenvalue weighted by atomic mass is 79.9. The molecule has 3 aromatic carbocycles. The average Bonchev–Trinajstić information content (AvgIpc) is 3.14. The van der Waals surface area contributed by atoms with Crippen molar-refractivity contribution in [2.45, 2.75) is 6.54 Å². The lowest BCUT2D eigenvalue weighted by molar-refractivity contribution is -0.123. The second-order valence-corrected chi connectivity index (χ2v) is 10.9. The number of ether oxygens (including phenoxy) is 2. The minimum absolute atomic E-state index is 0.0366. The lowest BCUT2D eigenvalue weighted by Crippen LogP contribution is -2.27. The second-order valence-electron chi connectivity index (χ2n) is 7.84. The summed E-state index contributed by atoms with van der Waals surface area (Å²) >= 11 is 22.6. The van der Waals surface area contributed by atoms with Crippen molar-refractivity contribution in [1.29, 1.82) is 0 Å². The van der Waals surface area contributed by atoms with Crippen LogP contribution in [0.2, 0.25) is 15.1 Å². The van der Waals surface area contributed by atoms with E-state index in [1.54, 1.807) is 60.7 Å². The van der Waals surface area contributed by atoms with Gasteiger partial charge in [-0.25, -0.2) is 0 Å². The van der Waals surface area contributed by atoms with Gasteiger partial charge in [0.1, 0.15) is 0 Å². The van der Waals surface area contributed by atoms with Crippen molar-refractivity contribution in [2.24, 2.45) is 0 Å². The van der Waals surface area contributed by atoms with Crippen LogP contribution in [0.1, 0.15) is 11.1 Å². The number of carbonyl (C=O) groups excluding carboxylic acids is 3. The number of nitrogens with zero attached hydrogens (tertiary/aromatic N) is 1. The molecule has 1 fully saturated rings. The summed E-state index contributed by atoms with van der Waals surface area (Å²) in [7, 11) is 1.46. The molecular weight excluding hydrogens is 639 g/mol. The Hall–Kier alpha value is -2.69. The van der Waals surface area contributed by atoms with E-state index in [1.165, 1.54) is 7.11 Å². The van der Waals surface area contributed by atoms with E-state index in [4.69, 9.17) is 44.3 Å². The molecule has 1 saturated heterocycles. The number of benzene rings is 3. The average molecular weight is 657 g/mol. The molecule has 0 aromatic heterocycles. The van der Waals surface area contributed by atoms with Crippen LogP contribution in [0.5, 0.6) is 11.5 Å². The molecule has 38 heavy (non-hydrogen) atoms. The molecular formula is C26H18BrCl3N2O5S. The molecule has 0 aliphatic carbocycles. The first-order valence-corrected chi connectivity index (χ1v) is 13.6. The molecule has 1 N–H and O–H groups in total. The maximum Gasteiger partial charge on any atom is 0.293 e. The van der Waals surface area contributed by atoms with Crippen molar-refractivity contribution in [1.82, 2.24) is 4.90 Å². The van der Waals surface area contributed by atoms with Gasteiger partial charge in [0.25, 0.3) is 17.1 Å². The highest BCUT2D eigenvalue weighted by Crippen LogP contribution is 2.37. The Labute approximate surface area is 246 Å². The Balaban J connectivity index is 1.43. The predicted octanol–water partition coefficient (Wildman–Crippen LogP) is 7.67. The number of thioether (sulfide) groups is 1. The number of hydrogen-bond acceptors (Lipinski definition) is 6. The standard InChI is InChI=1S/C26H18BrCl3N2O5S/c1-36-22-9-14(5-8-21(22)37-13-24(33)31-15-6-7-17(27)20(30)11-15)10-23-25(34)32(26(35)38-23)12-16-18(28)3-2-4-19(16)29/h2-11H,12-13H2,1H3,(H,31,33)/b23-10+. The van der Waals surface area contributed by atoms with Crippen molar-refractivity contribution >= 4 is 91.3 Å². The molecule has 3 aromatic rings. The van der Waals surface area contributed by atoms with E-state index < -0.39 is 11.1 Å². The van der Waals surface area contributed by atoms with Crippen LogP contribution in [0.15, 0.2) is 64.0 Å². The molecule has 0 bridgehead atoms. The summed E-state index contributed by atoms with van der Waals surface area (Å²) in [6.45, 7) is -0.308. The van der Waals surface area contributed by atoms with E-state index in [9.17, 15) is 14.4 Å². The number of methoxy groups -OCH3 is 1. The maximum atomic E-state index is 13.0. The van der Waals surface area contributed by atoms with Crippen LogP contribution in [0, 0.1) is 0 Å². The number of hydrogen-bond donors (Lipinski definition) is 1. The third kappa shape index (κ3) is 6.65. The second kappa shape index (κ2) is 12.4. The zero-order chi connectivity index (χ0) is 27.4. The summed E-state index contributed by atoms with van der Waals surface area (Å²) in [5.74, 6) is -0.169. The Morgan fingerprint density at radius 3 is 2.45 bits per heavy atom. The quantitative estimate of drug-likeness (QED) is 0.251. The zero-order valence-corrected chi connectivity index (χ0v) is 24.3. The monoisotopic (exact) mass is 654 g/mol. The lowest BCUT2D eigenvalue weighted by atomic mass is 10.1. The van der Waals surface area contributed by atoms with Crippen LogP contribution in [0.25, 0.3) is 6.08 Å². The third-order valence-corrected chi connectivity index (χ3v) is 8.15. The normalized spacial score (nSPS) is 14.2. The van der Waals surface area contributed by atoms with Crippen molar-refractivity contribution in [3.05, 3.63) is 90.2 Å². The Morgan fingerprint density at radius 2 is 1.76 bits per heavy atom. The van der Waals surface area contributed by atoms with Crippen LogP contribution >= 0.6 is 62.5 Å². The number of halogens is 4. The molecule has 196 valence electrons. The number of imide groups is 1. The van der Waals surface area contributed by atoms with Gasteiger partial charge in [-0.05, 0) is 81.8 Å². The molecule has 1 heterocycles. The van der Waals surface area contributed by atoms with Crippen LogP contribution in [-0.2, 0) is 16.1 Å². The smallest absolute Gasteiger partial charge is 0.293 e. The van der Waals surface area contributed by atoms with E-state index in [1.807, 2.05) is 0 Å². The first-order valence-electron chi connectivity index (χ1n) is 10.9. The summed E-state index contributed by atoms with van der Waals surface area (Å²) in [4.78, 5) is 39.2. The van der Waals surface area contributed by atoms with Gasteiger partial charge in [-0.15, -0.1) is 0 Å². The first-order chi connectivity index (χ1) is 18.2. The Kier molecular flexibility index (Phi) is 9.27. The molecule has 12 heteroatoms. The van der Waals surface area contributed by atoms with Gasteiger partial charge in [-0.2, -0.15) is 0 Å². The number of amides is 3. The van der Waals surface area contributed by atoms with Crippen molar-refractivity contribution in [3.63, 3.8) is 0 Å². The van der Waals surface area contributed by atoms with Gasteiger partial charge in [0, 0.05) is 25.8 Å². The fourth-order valence-corrected chi connectivity index (χ4v) is 5.22. The highest BCUT2D eigenvalue weighted by Gasteiger charge is 2.35. The molecule has 0 unspecified atom stereocenters. The number of carbonyl (C=O) groups is 3. The highest BCUT2D eigenvalue weighted by molar-refractivity contribution is 9.10. The van der Waals surface area contributed by atoms with Gasteiger partial charge in [0.05, 0.1) is 23.6 Å². The van der Waals surface area contributed by atoms with Gasteiger partial charge in [0.2, 0.25) is 0 Å². The maximum absolute atomic E-state index is 13.0. The zero-order valence-electron chi connectivity index (χ0n) is 19.6. The van der Waals surface area contributed by atoms with Gasteiger partial charge >= 0.3 is 0 Å². The van der Waals surface area contributed by atoms with Crippen molar-refractivity contribution in [3.8, 4) is 11.5 Å². The molecule has 4 rings (SSSR count). The van der Waals surface area contributed by atoms with Gasteiger partial charge in [-0.3, -0.25) is 19.3 Å². The molecule has 0 radical (unpaired) electrons. The predicted molar refractivity (Wildman–Crippen MR) is 154 cm³/mol. The summed E-state index contributed by atoms with van der Waals surface area (Å²) < 4.78 is 11.7. The van der Waals surface area contributed by atoms with Crippen molar-refractivity contribution in [2.75, 3.05) is 19.0 Å². The molecule has 1 aliphatic heterocycles. The largest absolute Gasteiger partial charge is 0.493 e. The number of nitrogens with one attached hydrogen (secondary N) is 1. The van der Waals surface area contributed by atoms with Crippen molar-refractivity contribution < 1.29 is 23.9 Å². The van der Waals surface area contributed by atoms with E-state index in [-0.39, 0.29) is 24.0 Å². The van der Waals surface area contributed by atoms with Gasteiger partial charge in [0.15, 0.2) is 18.1 Å². The SMILES string of the molecule is COc1cc(/C=C2/SC(=O)N(Cc3c(Cl)cccc3Cl)C2=O)ccc1OCC(=O)Nc1ccc(Br)c(Cl)c1. The van der Waals surface area contributed by atoms with Crippen LogP contribution in [-0.4, -0.2) is 35.7 Å². The van der Waals surface area contributed by atoms with E-state index in [0.717, 1.165) is 16.7 Å². The minimum atomic E-state index is -0.458. The molecule has 3 amide bonds. The summed E-state index contributed by atoms with van der Waals surface area (Å²) in [5, 5.41) is 3.48. The van der Waals surface area contributed by atoms with Gasteiger partial charge in [-0.1, -0.05) is 46.9 Å². The van der Waals surface area contributed by atoms with Crippen LogP contribution < -0.4 is 14.8 Å². The number of anilines is 1. The molecule has 0 atom stereocenters. The van der Waals surface area contributed by atoms with E-state index in [2.05, 4.69) is 21.2 Å². The minimum Gasteiger partial charge on any atom is -0.493 e. The van der Waals surface area contributed by atoms with E-state index >= 15 is 0 Å². The van der Waals surface area contributed by atoms with Gasteiger partial charge < -0.3 is 14.8 Å². The fraction of sp³-hybridized carbons (Fsp3) is 0.115. The fourth-order valence-electron chi connectivity index (χ4n) is 3.44. The topological polar surface area (TPSA) is 84.9 Å². The van der Waals surface area contributed by atoms with E-state index in [0.29, 0.717) is 47.9 Å². The van der Waals surface area contributed by atoms with Crippen LogP contribution in [0.4, 0.5) is 10.5 Å². The summed E-state index contributed by atoms with van der Waals surface area (Å²) in [6, 6.07) is 15.0. The van der Waals surface area contributed by atoms with Crippen LogP contribution in [0.3, 0.4) is 0 Å². The Bertz CT molecular complexity index is 1450.